The fraction of sp³-hybridized carbons (Fsp3) is 0.348. The molecule has 0 amide bonds. The molecule has 0 saturated carbocycles. The fourth-order valence-electron chi connectivity index (χ4n) is 4.61. The van der Waals surface area contributed by atoms with Crippen molar-refractivity contribution < 1.29 is 14.4 Å². The molecule has 3 fully saturated rings. The number of fused-ring (bicyclic) bond motifs is 6. The number of nitrogens with zero attached hydrogens (tertiary/aromatic N) is 2. The molecule has 2 bridgehead atoms. The number of aromatic nitrogens is 1. The summed E-state index contributed by atoms with van der Waals surface area (Å²) in [5.74, 6) is 1.09. The maximum atomic E-state index is 11.7. The standard InChI is InChI=1S/C23H24N2O3/c1-16(26)28-25-21-7-3-2-5-19(21)20-6-4-8-22(23(20)25)27-14-11-18-15-24-12-9-17(18)10-13-24/h2-8,11,17H,9-10,12-15H2,1H3. The molecule has 144 valence electrons. The van der Waals surface area contributed by atoms with Gasteiger partial charge in [-0.3, -0.25) is 4.90 Å². The van der Waals surface area contributed by atoms with Crippen molar-refractivity contribution >= 4 is 27.8 Å². The van der Waals surface area contributed by atoms with E-state index < -0.39 is 0 Å². The van der Waals surface area contributed by atoms with E-state index in [2.05, 4.69) is 11.0 Å². The lowest BCUT2D eigenvalue weighted by Gasteiger charge is -2.41. The minimum Gasteiger partial charge on any atom is -0.487 e. The highest BCUT2D eigenvalue weighted by Gasteiger charge is 2.29. The van der Waals surface area contributed by atoms with Gasteiger partial charge in [0, 0.05) is 24.2 Å². The van der Waals surface area contributed by atoms with Crippen LogP contribution in [0.15, 0.2) is 54.1 Å². The number of ether oxygens (including phenoxy) is 1. The summed E-state index contributed by atoms with van der Waals surface area (Å²) in [6.45, 7) is 5.48. The van der Waals surface area contributed by atoms with E-state index in [1.165, 1.54) is 38.4 Å². The molecule has 1 aromatic heterocycles. The number of hydrogen-bond acceptors (Lipinski definition) is 4. The number of carbonyl (C=O) groups excluding carboxylic acids is 1. The Labute approximate surface area is 164 Å². The quantitative estimate of drug-likeness (QED) is 0.650. The first-order valence-electron chi connectivity index (χ1n) is 9.96. The molecule has 5 nitrogen and oxygen atoms in total. The van der Waals surface area contributed by atoms with Crippen molar-refractivity contribution in [1.29, 1.82) is 0 Å². The summed E-state index contributed by atoms with van der Waals surface area (Å²) in [7, 11) is 0. The zero-order valence-corrected chi connectivity index (χ0v) is 16.1. The topological polar surface area (TPSA) is 43.7 Å². The van der Waals surface area contributed by atoms with E-state index in [-0.39, 0.29) is 5.97 Å². The summed E-state index contributed by atoms with van der Waals surface area (Å²) in [6.07, 6.45) is 4.78. The van der Waals surface area contributed by atoms with Gasteiger partial charge in [-0.05, 0) is 50.1 Å². The Morgan fingerprint density at radius 1 is 1.11 bits per heavy atom. The van der Waals surface area contributed by atoms with E-state index in [0.717, 1.165) is 40.0 Å². The predicted octanol–water partition coefficient (Wildman–Crippen LogP) is 3.80. The summed E-state index contributed by atoms with van der Waals surface area (Å²) >= 11 is 0. The van der Waals surface area contributed by atoms with Gasteiger partial charge < -0.3 is 9.57 Å². The Hall–Kier alpha value is -2.79. The van der Waals surface area contributed by atoms with Gasteiger partial charge in [0.25, 0.3) is 0 Å². The van der Waals surface area contributed by atoms with Gasteiger partial charge in [0.05, 0.1) is 5.52 Å². The molecular weight excluding hydrogens is 352 g/mol. The van der Waals surface area contributed by atoms with Crippen LogP contribution in [-0.2, 0) is 4.79 Å². The molecule has 0 unspecified atom stereocenters. The van der Waals surface area contributed by atoms with Gasteiger partial charge >= 0.3 is 5.97 Å². The van der Waals surface area contributed by atoms with E-state index in [9.17, 15) is 4.79 Å². The van der Waals surface area contributed by atoms with E-state index in [1.807, 2.05) is 42.5 Å². The smallest absolute Gasteiger partial charge is 0.329 e. The highest BCUT2D eigenvalue weighted by molar-refractivity contribution is 6.10. The van der Waals surface area contributed by atoms with Crippen LogP contribution in [0.2, 0.25) is 0 Å². The predicted molar refractivity (Wildman–Crippen MR) is 109 cm³/mol. The number of hydrogen-bond donors (Lipinski definition) is 0. The molecule has 3 saturated heterocycles. The normalized spacial score (nSPS) is 22.8. The molecule has 6 rings (SSSR count). The Morgan fingerprint density at radius 2 is 1.89 bits per heavy atom. The van der Waals surface area contributed by atoms with Gasteiger partial charge in [-0.15, -0.1) is 0 Å². The Morgan fingerprint density at radius 3 is 2.64 bits per heavy atom. The Bertz CT molecular complexity index is 1070. The first-order valence-corrected chi connectivity index (χ1v) is 9.96. The van der Waals surface area contributed by atoms with Crippen molar-refractivity contribution in [2.45, 2.75) is 19.8 Å². The zero-order chi connectivity index (χ0) is 19.1. The second kappa shape index (κ2) is 6.99. The van der Waals surface area contributed by atoms with Crippen molar-refractivity contribution in [3.8, 4) is 5.75 Å². The van der Waals surface area contributed by atoms with Crippen LogP contribution >= 0.6 is 0 Å². The van der Waals surface area contributed by atoms with Crippen LogP contribution in [-0.4, -0.2) is 41.8 Å². The molecule has 2 aromatic carbocycles. The van der Waals surface area contributed by atoms with Crippen molar-refractivity contribution in [1.82, 2.24) is 9.63 Å². The zero-order valence-electron chi connectivity index (χ0n) is 16.1. The lowest BCUT2D eigenvalue weighted by molar-refractivity contribution is -0.140. The van der Waals surface area contributed by atoms with Crippen LogP contribution in [0.5, 0.6) is 5.75 Å². The van der Waals surface area contributed by atoms with Gasteiger partial charge in [0.2, 0.25) is 0 Å². The molecule has 0 spiro atoms. The minimum atomic E-state index is -0.355. The van der Waals surface area contributed by atoms with Crippen molar-refractivity contribution in [3.05, 3.63) is 54.1 Å². The van der Waals surface area contributed by atoms with Crippen molar-refractivity contribution in [3.63, 3.8) is 0 Å². The lowest BCUT2D eigenvalue weighted by Crippen LogP contribution is -2.43. The van der Waals surface area contributed by atoms with E-state index in [4.69, 9.17) is 9.57 Å². The summed E-state index contributed by atoms with van der Waals surface area (Å²) < 4.78 is 7.78. The number of carbonyl (C=O) groups is 1. The van der Waals surface area contributed by atoms with Gasteiger partial charge in [-0.2, -0.15) is 4.73 Å². The average Bonchev–Trinajstić information content (AvgIpc) is 3.03. The monoisotopic (exact) mass is 376 g/mol. The van der Waals surface area contributed by atoms with Crippen LogP contribution in [0.3, 0.4) is 0 Å². The molecule has 3 aliphatic heterocycles. The van der Waals surface area contributed by atoms with Crippen LogP contribution in [0.25, 0.3) is 21.8 Å². The van der Waals surface area contributed by atoms with E-state index in [0.29, 0.717) is 6.61 Å². The first kappa shape index (κ1) is 17.3. The van der Waals surface area contributed by atoms with Crippen molar-refractivity contribution in [2.75, 3.05) is 26.2 Å². The molecule has 4 heterocycles. The average molecular weight is 376 g/mol. The second-order valence-corrected chi connectivity index (χ2v) is 7.69. The van der Waals surface area contributed by atoms with E-state index >= 15 is 0 Å². The van der Waals surface area contributed by atoms with Crippen LogP contribution in [0, 0.1) is 5.92 Å². The third kappa shape index (κ3) is 2.96. The molecule has 3 aromatic rings. The largest absolute Gasteiger partial charge is 0.487 e. The van der Waals surface area contributed by atoms with Gasteiger partial charge in [0.1, 0.15) is 17.9 Å². The summed E-state index contributed by atoms with van der Waals surface area (Å²) in [5, 5.41) is 2.06. The molecule has 5 heteroatoms. The molecule has 3 aliphatic rings. The maximum absolute atomic E-state index is 11.7. The number of benzene rings is 2. The van der Waals surface area contributed by atoms with Crippen LogP contribution in [0.4, 0.5) is 0 Å². The second-order valence-electron chi connectivity index (χ2n) is 7.69. The Balaban J connectivity index is 1.50. The lowest BCUT2D eigenvalue weighted by atomic mass is 9.84. The molecule has 0 aliphatic carbocycles. The molecule has 0 radical (unpaired) electrons. The summed E-state index contributed by atoms with van der Waals surface area (Å²) in [4.78, 5) is 19.8. The van der Waals surface area contributed by atoms with Crippen LogP contribution < -0.4 is 9.57 Å². The molecule has 28 heavy (non-hydrogen) atoms. The molecule has 0 atom stereocenters. The maximum Gasteiger partial charge on any atom is 0.329 e. The van der Waals surface area contributed by atoms with Gasteiger partial charge in [-0.1, -0.05) is 35.9 Å². The number of para-hydroxylation sites is 2. The first-order chi connectivity index (χ1) is 13.7. The molecule has 0 N–H and O–H groups in total. The van der Waals surface area contributed by atoms with Crippen LogP contribution in [0.1, 0.15) is 19.8 Å². The SMILES string of the molecule is CC(=O)On1c2ccccc2c2cccc(OCC=C3CN4CCC3CC4)c21. The number of rotatable bonds is 4. The van der Waals surface area contributed by atoms with Gasteiger partial charge in [-0.25, -0.2) is 4.79 Å². The molecular formula is C23H24N2O3. The number of piperidine rings is 3. The van der Waals surface area contributed by atoms with Crippen molar-refractivity contribution in [2.24, 2.45) is 5.92 Å². The summed E-state index contributed by atoms with van der Waals surface area (Å²) in [6, 6.07) is 13.9. The van der Waals surface area contributed by atoms with Gasteiger partial charge in [0.15, 0.2) is 0 Å². The third-order valence-corrected chi connectivity index (χ3v) is 5.94. The Kier molecular flexibility index (Phi) is 4.32. The van der Waals surface area contributed by atoms with E-state index in [1.54, 1.807) is 4.73 Å². The minimum absolute atomic E-state index is 0.355. The highest BCUT2D eigenvalue weighted by Crippen LogP contribution is 2.35. The third-order valence-electron chi connectivity index (χ3n) is 5.94. The highest BCUT2D eigenvalue weighted by atomic mass is 16.7. The fourth-order valence-corrected chi connectivity index (χ4v) is 4.61. The summed E-state index contributed by atoms with van der Waals surface area (Å²) in [5.41, 5.74) is 3.16.